The number of rotatable bonds is 7. The summed E-state index contributed by atoms with van der Waals surface area (Å²) in [5, 5.41) is 7.29. The van der Waals surface area contributed by atoms with Crippen LogP contribution in [0.25, 0.3) is 128 Å². The number of aromatic nitrogens is 5. The minimum atomic E-state index is 0.661. The Morgan fingerprint density at radius 1 is 0.246 bits per heavy atom. The molecular weight excluding hydrogens is 839 g/mol. The van der Waals surface area contributed by atoms with E-state index in [0.29, 0.717) is 5.82 Å². The summed E-state index contributed by atoms with van der Waals surface area (Å²) in [4.78, 5) is 10.7. The van der Waals surface area contributed by atoms with Gasteiger partial charge in [-0.2, -0.15) is 0 Å². The standard InChI is InChI=1S/C64H41N5/c1-4-20-42(21-5-1)54-40-55(43-22-6-2-7-23-43)66-64(65-54)44-36-37-61(51(38-44)48-28-13-18-34-59(48)68-57-32-16-10-26-46(57)47-27-11-17-33-58(47)68)69-60-35-19-14-30-50(60)53-39-52-49-29-12-15-31-56(49)67(62(52)41-63(53)69)45-24-8-3-9-25-45/h1-41H. The average molecular weight is 880 g/mol. The highest BCUT2D eigenvalue weighted by molar-refractivity contribution is 6.19. The van der Waals surface area contributed by atoms with E-state index in [4.69, 9.17) is 9.97 Å². The van der Waals surface area contributed by atoms with Crippen LogP contribution >= 0.6 is 0 Å². The van der Waals surface area contributed by atoms with Gasteiger partial charge in [0, 0.05) is 65.8 Å². The van der Waals surface area contributed by atoms with Gasteiger partial charge in [0.15, 0.2) is 5.82 Å². The Balaban J connectivity index is 1.09. The van der Waals surface area contributed by atoms with Gasteiger partial charge in [-0.15, -0.1) is 0 Å². The van der Waals surface area contributed by atoms with Crippen LogP contribution in [0.15, 0.2) is 249 Å². The molecule has 0 saturated carbocycles. The Labute approximate surface area is 398 Å². The van der Waals surface area contributed by atoms with Crippen LogP contribution in [0, 0.1) is 0 Å². The predicted molar refractivity (Wildman–Crippen MR) is 287 cm³/mol. The fourth-order valence-electron chi connectivity index (χ4n) is 10.8. The first kappa shape index (κ1) is 38.9. The third kappa shape index (κ3) is 6.18. The lowest BCUT2D eigenvalue weighted by molar-refractivity contribution is 1.15. The lowest BCUT2D eigenvalue weighted by Crippen LogP contribution is -2.03. The van der Waals surface area contributed by atoms with Gasteiger partial charge in [0.1, 0.15) is 0 Å². The van der Waals surface area contributed by atoms with Gasteiger partial charge in [-0.1, -0.05) is 170 Å². The molecule has 14 aromatic rings. The van der Waals surface area contributed by atoms with Crippen LogP contribution < -0.4 is 0 Å². The van der Waals surface area contributed by atoms with Crippen LogP contribution in [0.5, 0.6) is 0 Å². The fraction of sp³-hybridized carbons (Fsp3) is 0. The molecule has 322 valence electrons. The number of nitrogens with zero attached hydrogens (tertiary/aromatic N) is 5. The zero-order chi connectivity index (χ0) is 45.4. The molecule has 4 heterocycles. The summed E-state index contributed by atoms with van der Waals surface area (Å²) in [6, 6.07) is 89.3. The zero-order valence-corrected chi connectivity index (χ0v) is 37.4. The van der Waals surface area contributed by atoms with Crippen LogP contribution in [-0.4, -0.2) is 23.7 Å². The largest absolute Gasteiger partial charge is 0.309 e. The van der Waals surface area contributed by atoms with Gasteiger partial charge in [-0.3, -0.25) is 0 Å². The molecule has 0 amide bonds. The minimum absolute atomic E-state index is 0.661. The zero-order valence-electron chi connectivity index (χ0n) is 37.4. The second kappa shape index (κ2) is 15.7. The monoisotopic (exact) mass is 879 g/mol. The van der Waals surface area contributed by atoms with E-state index in [1.165, 1.54) is 37.8 Å². The quantitative estimate of drug-likeness (QED) is 0.160. The SMILES string of the molecule is c1ccc(-c2cc(-c3ccccc3)nc(-c3ccc(-n4c5ccccc5c5cc6c7ccccc7n(-c7ccccc7)c6cc54)c(-c4ccccc4-n4c5ccccc5c5ccccc54)c3)n2)cc1. The molecule has 5 nitrogen and oxygen atoms in total. The smallest absolute Gasteiger partial charge is 0.160 e. The van der Waals surface area contributed by atoms with Crippen molar-refractivity contribution < 1.29 is 0 Å². The molecule has 0 atom stereocenters. The molecule has 0 unspecified atom stereocenters. The Morgan fingerprint density at radius 2 is 0.667 bits per heavy atom. The summed E-state index contributed by atoms with van der Waals surface area (Å²) in [6.45, 7) is 0. The summed E-state index contributed by atoms with van der Waals surface area (Å²) >= 11 is 0. The van der Waals surface area contributed by atoms with Crippen molar-refractivity contribution in [3.05, 3.63) is 249 Å². The predicted octanol–water partition coefficient (Wildman–Crippen LogP) is 16.4. The van der Waals surface area contributed by atoms with Crippen molar-refractivity contribution in [1.82, 2.24) is 23.7 Å². The van der Waals surface area contributed by atoms with Crippen LogP contribution in [0.4, 0.5) is 0 Å². The van der Waals surface area contributed by atoms with Crippen molar-refractivity contribution in [1.29, 1.82) is 0 Å². The second-order valence-electron chi connectivity index (χ2n) is 17.7. The maximum atomic E-state index is 5.35. The van der Waals surface area contributed by atoms with Crippen molar-refractivity contribution in [2.45, 2.75) is 0 Å². The van der Waals surface area contributed by atoms with E-state index in [0.717, 1.165) is 83.9 Å². The molecule has 0 fully saturated rings. The summed E-state index contributed by atoms with van der Waals surface area (Å²) in [7, 11) is 0. The fourth-order valence-corrected chi connectivity index (χ4v) is 10.8. The van der Waals surface area contributed by atoms with Crippen molar-refractivity contribution in [3.8, 4) is 62.1 Å². The van der Waals surface area contributed by atoms with Crippen LogP contribution in [-0.2, 0) is 0 Å². The summed E-state index contributed by atoms with van der Waals surface area (Å²) < 4.78 is 7.33. The number of fused-ring (bicyclic) bond motifs is 9. The molecular formula is C64H41N5. The molecule has 0 radical (unpaired) electrons. The summed E-state index contributed by atoms with van der Waals surface area (Å²) in [5.74, 6) is 0.661. The molecule has 69 heavy (non-hydrogen) atoms. The van der Waals surface area contributed by atoms with Gasteiger partial charge >= 0.3 is 0 Å². The van der Waals surface area contributed by atoms with Crippen LogP contribution in [0.2, 0.25) is 0 Å². The second-order valence-corrected chi connectivity index (χ2v) is 17.7. The van der Waals surface area contributed by atoms with E-state index in [9.17, 15) is 0 Å². The maximum Gasteiger partial charge on any atom is 0.160 e. The van der Waals surface area contributed by atoms with Crippen LogP contribution in [0.1, 0.15) is 0 Å². The van der Waals surface area contributed by atoms with E-state index in [2.05, 4.69) is 250 Å². The van der Waals surface area contributed by atoms with E-state index in [1.54, 1.807) is 0 Å². The Morgan fingerprint density at radius 3 is 1.23 bits per heavy atom. The number of hydrogen-bond donors (Lipinski definition) is 0. The topological polar surface area (TPSA) is 40.6 Å². The Kier molecular flexibility index (Phi) is 8.83. The molecule has 0 saturated heterocycles. The highest BCUT2D eigenvalue weighted by atomic mass is 15.0. The normalized spacial score (nSPS) is 11.8. The summed E-state index contributed by atoms with van der Waals surface area (Å²) in [5.41, 5.74) is 17.1. The lowest BCUT2D eigenvalue weighted by Gasteiger charge is -2.20. The Bertz CT molecular complexity index is 4180. The van der Waals surface area contributed by atoms with Gasteiger partial charge in [0.05, 0.1) is 55.9 Å². The van der Waals surface area contributed by atoms with Gasteiger partial charge in [-0.05, 0) is 78.9 Å². The molecule has 0 aliphatic rings. The third-order valence-electron chi connectivity index (χ3n) is 13.9. The van der Waals surface area contributed by atoms with Crippen LogP contribution in [0.3, 0.4) is 0 Å². The first-order valence-electron chi connectivity index (χ1n) is 23.5. The molecule has 5 heteroatoms. The third-order valence-corrected chi connectivity index (χ3v) is 13.9. The highest BCUT2D eigenvalue weighted by Crippen LogP contribution is 2.44. The van der Waals surface area contributed by atoms with Gasteiger partial charge < -0.3 is 13.7 Å². The highest BCUT2D eigenvalue weighted by Gasteiger charge is 2.23. The minimum Gasteiger partial charge on any atom is -0.309 e. The average Bonchev–Trinajstić information content (AvgIpc) is 4.06. The molecule has 14 rings (SSSR count). The van der Waals surface area contributed by atoms with E-state index in [-0.39, 0.29) is 0 Å². The number of hydrogen-bond acceptors (Lipinski definition) is 2. The number of benzene rings is 10. The molecule has 10 aromatic carbocycles. The molecule has 0 aliphatic carbocycles. The Hall–Kier alpha value is -9.32. The van der Waals surface area contributed by atoms with E-state index in [1.807, 2.05) is 12.1 Å². The molecule has 0 aliphatic heterocycles. The van der Waals surface area contributed by atoms with Crippen molar-refractivity contribution in [2.75, 3.05) is 0 Å². The molecule has 0 bridgehead atoms. The van der Waals surface area contributed by atoms with E-state index < -0.39 is 0 Å². The first-order valence-corrected chi connectivity index (χ1v) is 23.5. The van der Waals surface area contributed by atoms with Gasteiger partial charge in [-0.25, -0.2) is 9.97 Å². The molecule has 0 spiro atoms. The molecule has 4 aromatic heterocycles. The number of para-hydroxylation sites is 6. The molecule has 0 N–H and O–H groups in total. The van der Waals surface area contributed by atoms with Gasteiger partial charge in [0.2, 0.25) is 0 Å². The summed E-state index contributed by atoms with van der Waals surface area (Å²) in [6.07, 6.45) is 0. The van der Waals surface area contributed by atoms with Gasteiger partial charge in [0.25, 0.3) is 0 Å². The van der Waals surface area contributed by atoms with Crippen molar-refractivity contribution in [3.63, 3.8) is 0 Å². The van der Waals surface area contributed by atoms with Crippen molar-refractivity contribution >= 4 is 65.4 Å². The lowest BCUT2D eigenvalue weighted by atomic mass is 9.97. The van der Waals surface area contributed by atoms with Crippen molar-refractivity contribution in [2.24, 2.45) is 0 Å². The van der Waals surface area contributed by atoms with E-state index >= 15 is 0 Å². The maximum absolute atomic E-state index is 5.35. The first-order chi connectivity index (χ1) is 34.2.